The molecule has 2 aromatic carbocycles. The van der Waals surface area contributed by atoms with Gasteiger partial charge in [0.2, 0.25) is 0 Å². The lowest BCUT2D eigenvalue weighted by Crippen LogP contribution is -2.49. The molecule has 6 nitrogen and oxygen atoms in total. The Kier molecular flexibility index (Phi) is 10.1. The molecule has 10 heteroatoms. The van der Waals surface area contributed by atoms with Gasteiger partial charge in [0.1, 0.15) is 17.5 Å². The molecular weight excluding hydrogens is 854 g/mol. The topological polar surface area (TPSA) is 84.9 Å². The van der Waals surface area contributed by atoms with E-state index in [1.807, 2.05) is 32.9 Å². The monoisotopic (exact) mass is 875 g/mol. The van der Waals surface area contributed by atoms with Crippen molar-refractivity contribution in [2.24, 2.45) is 0 Å². The highest BCUT2D eigenvalue weighted by Crippen LogP contribution is 2.37. The Bertz CT molecular complexity index is 958. The highest BCUT2D eigenvalue weighted by Gasteiger charge is 2.27. The molecule has 0 saturated heterocycles. The summed E-state index contributed by atoms with van der Waals surface area (Å²) in [5, 5.41) is 13.2. The molecule has 2 N–H and O–H groups in total. The van der Waals surface area contributed by atoms with Crippen molar-refractivity contribution >= 4 is 102 Å². The predicted molar refractivity (Wildman–Crippen MR) is 153 cm³/mol. The summed E-state index contributed by atoms with van der Waals surface area (Å²) in [6.45, 7) is 7.07. The fraction of sp³-hybridized carbons (Fsp3) is 0.333. The fourth-order valence-corrected chi connectivity index (χ4v) is 6.54. The summed E-state index contributed by atoms with van der Waals surface area (Å²) in [6.07, 6.45) is 0.366. The number of benzene rings is 2. The van der Waals surface area contributed by atoms with E-state index < -0.39 is 18.0 Å². The first-order valence-electron chi connectivity index (χ1n) is 9.10. The number of phenols is 1. The molecule has 0 aliphatic carbocycles. The summed E-state index contributed by atoms with van der Waals surface area (Å²) in [4.78, 5) is 23.7. The molecule has 168 valence electrons. The largest absolute Gasteiger partial charge is 0.506 e. The highest BCUT2D eigenvalue weighted by atomic mass is 127. The van der Waals surface area contributed by atoms with Crippen LogP contribution in [0.15, 0.2) is 24.3 Å². The van der Waals surface area contributed by atoms with Crippen LogP contribution in [0.3, 0.4) is 0 Å². The third-order valence-corrected chi connectivity index (χ3v) is 7.09. The quantitative estimate of drug-likeness (QED) is 0.211. The minimum atomic E-state index is -0.664. The zero-order valence-corrected chi connectivity index (χ0v) is 25.8. The van der Waals surface area contributed by atoms with Crippen molar-refractivity contribution in [1.82, 2.24) is 5.32 Å². The van der Waals surface area contributed by atoms with E-state index in [1.165, 1.54) is 6.92 Å². The number of carbonyl (C=O) groups excluding carboxylic acids is 2. The van der Waals surface area contributed by atoms with Gasteiger partial charge in [-0.3, -0.25) is 10.1 Å². The second-order valence-corrected chi connectivity index (χ2v) is 12.4. The summed E-state index contributed by atoms with van der Waals surface area (Å²) >= 11 is 8.53. The van der Waals surface area contributed by atoms with Gasteiger partial charge in [-0.15, -0.1) is 0 Å². The van der Waals surface area contributed by atoms with Gasteiger partial charge in [-0.05, 0) is 147 Å². The third kappa shape index (κ3) is 8.41. The van der Waals surface area contributed by atoms with Crippen LogP contribution in [-0.2, 0) is 20.7 Å². The van der Waals surface area contributed by atoms with E-state index >= 15 is 0 Å². The Balaban J connectivity index is 2.30. The second-order valence-electron chi connectivity index (χ2n) is 7.79. The van der Waals surface area contributed by atoms with Crippen LogP contribution in [0.2, 0.25) is 0 Å². The van der Waals surface area contributed by atoms with Gasteiger partial charge in [0.25, 0.3) is 0 Å². The van der Waals surface area contributed by atoms with Gasteiger partial charge in [-0.1, -0.05) is 0 Å². The van der Waals surface area contributed by atoms with Gasteiger partial charge in [-0.2, -0.15) is 0 Å². The maximum Gasteiger partial charge on any atom is 0.331 e. The molecule has 0 radical (unpaired) electrons. The molecule has 1 atom stereocenters. The average Bonchev–Trinajstić information content (AvgIpc) is 2.60. The van der Waals surface area contributed by atoms with E-state index in [0.29, 0.717) is 25.1 Å². The van der Waals surface area contributed by atoms with E-state index in [1.54, 1.807) is 12.1 Å². The fourth-order valence-electron chi connectivity index (χ4n) is 2.71. The SMILES string of the molecule is CC(=O)OC(=O)[C@H](Cc1cc(I)c(Oc2cc(I)c(O)c(I)c2)c(I)c1)NC(C)(C)C. The lowest BCUT2D eigenvalue weighted by atomic mass is 10.0. The van der Waals surface area contributed by atoms with Crippen molar-refractivity contribution in [2.75, 3.05) is 0 Å². The molecule has 0 heterocycles. The van der Waals surface area contributed by atoms with Crippen LogP contribution in [-0.4, -0.2) is 28.6 Å². The number of rotatable bonds is 6. The molecule has 31 heavy (non-hydrogen) atoms. The highest BCUT2D eigenvalue weighted by molar-refractivity contribution is 14.1. The molecule has 0 saturated carbocycles. The molecule has 0 aliphatic heterocycles. The molecule has 2 rings (SSSR count). The maximum atomic E-state index is 12.4. The van der Waals surface area contributed by atoms with Gasteiger partial charge in [-0.25, -0.2) is 4.79 Å². The Morgan fingerprint density at radius 3 is 1.97 bits per heavy atom. The van der Waals surface area contributed by atoms with Crippen molar-refractivity contribution in [3.8, 4) is 17.2 Å². The smallest absolute Gasteiger partial charge is 0.331 e. The lowest BCUT2D eigenvalue weighted by Gasteiger charge is -2.27. The lowest BCUT2D eigenvalue weighted by molar-refractivity contribution is -0.160. The summed E-state index contributed by atoms with van der Waals surface area (Å²) in [6, 6.07) is 6.79. The van der Waals surface area contributed by atoms with E-state index in [9.17, 15) is 14.7 Å². The molecule has 0 amide bonds. The zero-order chi connectivity index (χ0) is 23.5. The number of nitrogens with one attached hydrogen (secondary N) is 1. The van der Waals surface area contributed by atoms with Crippen LogP contribution in [0.5, 0.6) is 17.2 Å². The van der Waals surface area contributed by atoms with Crippen LogP contribution < -0.4 is 10.1 Å². The minimum absolute atomic E-state index is 0.239. The summed E-state index contributed by atoms with van der Waals surface area (Å²) in [5.74, 6) is 0.349. The number of esters is 2. The minimum Gasteiger partial charge on any atom is -0.506 e. The number of hydrogen-bond donors (Lipinski definition) is 2. The van der Waals surface area contributed by atoms with Gasteiger partial charge in [0, 0.05) is 12.5 Å². The average molecular weight is 875 g/mol. The first-order chi connectivity index (χ1) is 14.3. The normalized spacial score (nSPS) is 12.4. The summed E-state index contributed by atoms with van der Waals surface area (Å²) in [7, 11) is 0. The standard InChI is InChI=1S/C21H21I4NO5/c1-10(27)30-20(29)17(26-21(2,3)4)7-11-5-15(24)19(16(25)6-11)31-12-8-13(22)18(28)14(23)9-12/h5-6,8-9,17,26,28H,7H2,1-4H3/t17-/m0/s1. The van der Waals surface area contributed by atoms with Crippen molar-refractivity contribution in [3.63, 3.8) is 0 Å². The van der Waals surface area contributed by atoms with Crippen LogP contribution in [0, 0.1) is 14.3 Å². The van der Waals surface area contributed by atoms with E-state index in [4.69, 9.17) is 9.47 Å². The number of phenolic OH excluding ortho intramolecular Hbond substituents is 1. The molecule has 0 spiro atoms. The Labute approximate surface area is 236 Å². The van der Waals surface area contributed by atoms with Gasteiger partial charge < -0.3 is 14.6 Å². The number of halogens is 4. The van der Waals surface area contributed by atoms with Crippen molar-refractivity contribution in [3.05, 3.63) is 44.1 Å². The second kappa shape index (κ2) is 11.5. The molecule has 0 bridgehead atoms. The van der Waals surface area contributed by atoms with Crippen molar-refractivity contribution in [1.29, 1.82) is 0 Å². The van der Waals surface area contributed by atoms with Gasteiger partial charge in [0.05, 0.1) is 14.3 Å². The molecule has 0 fully saturated rings. The number of aromatic hydroxyl groups is 1. The van der Waals surface area contributed by atoms with Gasteiger partial charge in [0.15, 0.2) is 5.75 Å². The number of carbonyl (C=O) groups is 2. The molecule has 0 unspecified atom stereocenters. The first kappa shape index (κ1) is 27.3. The third-order valence-electron chi connectivity index (χ3n) is 3.84. The Morgan fingerprint density at radius 2 is 1.52 bits per heavy atom. The van der Waals surface area contributed by atoms with Gasteiger partial charge >= 0.3 is 11.9 Å². The number of hydrogen-bond acceptors (Lipinski definition) is 6. The van der Waals surface area contributed by atoms with Crippen LogP contribution in [0.4, 0.5) is 0 Å². The van der Waals surface area contributed by atoms with Crippen molar-refractivity contribution in [2.45, 2.75) is 45.7 Å². The molecule has 2 aromatic rings. The number of ether oxygens (including phenoxy) is 2. The van der Waals surface area contributed by atoms with E-state index in [2.05, 4.69) is 95.7 Å². The zero-order valence-electron chi connectivity index (χ0n) is 17.2. The first-order valence-corrected chi connectivity index (χ1v) is 13.4. The Morgan fingerprint density at radius 1 is 1.00 bits per heavy atom. The predicted octanol–water partition coefficient (Wildman–Crippen LogP) is 5.99. The van der Waals surface area contributed by atoms with Crippen LogP contribution in [0.1, 0.15) is 33.3 Å². The van der Waals surface area contributed by atoms with Crippen LogP contribution in [0.25, 0.3) is 0 Å². The molecule has 0 aliphatic rings. The Hall–Kier alpha value is 0.0600. The maximum absolute atomic E-state index is 12.4. The van der Waals surface area contributed by atoms with Crippen LogP contribution >= 0.6 is 90.4 Å². The van der Waals surface area contributed by atoms with E-state index in [0.717, 1.165) is 12.7 Å². The van der Waals surface area contributed by atoms with Crippen molar-refractivity contribution < 1.29 is 24.2 Å². The summed E-state index contributed by atoms with van der Waals surface area (Å²) < 4.78 is 14.1. The summed E-state index contributed by atoms with van der Waals surface area (Å²) in [5.41, 5.74) is 0.579. The molecule has 0 aromatic heterocycles. The van der Waals surface area contributed by atoms with E-state index in [-0.39, 0.29) is 11.3 Å². The molecular formula is C21H21I4NO5.